The van der Waals surface area contributed by atoms with E-state index in [0.29, 0.717) is 36.0 Å². The summed E-state index contributed by atoms with van der Waals surface area (Å²) in [5.74, 6) is 1.20. The predicted octanol–water partition coefficient (Wildman–Crippen LogP) is 4.37. The van der Waals surface area contributed by atoms with Crippen molar-refractivity contribution in [3.05, 3.63) is 69.6 Å². The molecule has 0 saturated heterocycles. The number of benzene rings is 2. The van der Waals surface area contributed by atoms with Crippen LogP contribution in [0.3, 0.4) is 0 Å². The minimum Gasteiger partial charge on any atom is -0.508 e. The Kier molecular flexibility index (Phi) is 7.29. The van der Waals surface area contributed by atoms with Gasteiger partial charge in [0, 0.05) is 15.7 Å². The first kappa shape index (κ1) is 23.2. The minimum absolute atomic E-state index is 0.180. The van der Waals surface area contributed by atoms with Gasteiger partial charge < -0.3 is 25.4 Å². The number of nitrogens with zero attached hydrogens (tertiary/aromatic N) is 4. The smallest absolute Gasteiger partial charge is 0.227 e. The monoisotopic (exact) mass is 558 g/mol. The van der Waals surface area contributed by atoms with Crippen molar-refractivity contribution in [2.45, 2.75) is 45.5 Å². The van der Waals surface area contributed by atoms with E-state index in [1.54, 1.807) is 19.3 Å². The van der Waals surface area contributed by atoms with Crippen molar-refractivity contribution in [1.29, 1.82) is 0 Å². The molecule has 0 fully saturated rings. The van der Waals surface area contributed by atoms with E-state index >= 15 is 0 Å². The normalized spacial score (nSPS) is 13.1. The van der Waals surface area contributed by atoms with Gasteiger partial charge in [-0.25, -0.2) is 4.98 Å². The quantitative estimate of drug-likeness (QED) is 0.226. The van der Waals surface area contributed by atoms with Crippen molar-refractivity contribution < 1.29 is 10.2 Å². The van der Waals surface area contributed by atoms with E-state index < -0.39 is 6.10 Å². The summed E-state index contributed by atoms with van der Waals surface area (Å²) in [6.45, 7) is 4.76. The minimum atomic E-state index is -0.553. The van der Waals surface area contributed by atoms with E-state index in [4.69, 9.17) is 4.98 Å². The maximum atomic E-state index is 10.2. The molecule has 172 valence electrons. The lowest BCUT2D eigenvalue weighted by atomic mass is 10.1. The van der Waals surface area contributed by atoms with Gasteiger partial charge in [0.1, 0.15) is 5.75 Å². The molecule has 2 unspecified atom stereocenters. The third kappa shape index (κ3) is 5.53. The molecule has 0 amide bonds. The molecule has 0 aliphatic heterocycles. The zero-order valence-corrected chi connectivity index (χ0v) is 20.7. The molecule has 2 heterocycles. The van der Waals surface area contributed by atoms with Crippen molar-refractivity contribution in [3.8, 4) is 5.75 Å². The largest absolute Gasteiger partial charge is 0.508 e. The first-order valence-electron chi connectivity index (χ1n) is 10.9. The summed E-state index contributed by atoms with van der Waals surface area (Å²) in [7, 11) is 0. The molecule has 4 N–H and O–H groups in total. The van der Waals surface area contributed by atoms with E-state index in [1.165, 1.54) is 0 Å². The van der Waals surface area contributed by atoms with Gasteiger partial charge in [-0.3, -0.25) is 0 Å². The average Bonchev–Trinajstić information content (AvgIpc) is 3.21. The van der Waals surface area contributed by atoms with Crippen LogP contribution in [0.25, 0.3) is 11.2 Å². The van der Waals surface area contributed by atoms with E-state index in [0.717, 1.165) is 21.1 Å². The molecular weight excluding hydrogens is 531 g/mol. The Balaban J connectivity index is 1.71. The number of anilines is 2. The summed E-state index contributed by atoms with van der Waals surface area (Å²) < 4.78 is 3.02. The Labute approximate surface area is 206 Å². The number of rotatable bonds is 9. The Hall–Kier alpha value is -2.92. The van der Waals surface area contributed by atoms with Gasteiger partial charge in [-0.1, -0.05) is 37.3 Å². The number of aliphatic hydroxyl groups excluding tert-OH is 1. The highest BCUT2D eigenvalue weighted by molar-refractivity contribution is 14.1. The summed E-state index contributed by atoms with van der Waals surface area (Å²) in [6, 6.07) is 15.4. The SMILES string of the molecule is CCC(Nc1nc(NCc2cc(I)ccc2O)c2ncn(Cc3ccccc3)c2n1)C(C)O. The summed E-state index contributed by atoms with van der Waals surface area (Å²) in [5.41, 5.74) is 3.23. The third-order valence-electron chi connectivity index (χ3n) is 5.48. The number of aromatic hydroxyl groups is 1. The van der Waals surface area contributed by atoms with Gasteiger partial charge >= 0.3 is 0 Å². The topological polar surface area (TPSA) is 108 Å². The summed E-state index contributed by atoms with van der Waals surface area (Å²) in [4.78, 5) is 14.0. The fourth-order valence-corrected chi connectivity index (χ4v) is 4.19. The molecule has 0 radical (unpaired) electrons. The van der Waals surface area contributed by atoms with E-state index in [9.17, 15) is 10.2 Å². The highest BCUT2D eigenvalue weighted by Crippen LogP contribution is 2.25. The number of hydrogen-bond donors (Lipinski definition) is 4. The van der Waals surface area contributed by atoms with Gasteiger partial charge in [0.05, 0.1) is 25.0 Å². The van der Waals surface area contributed by atoms with Crippen LogP contribution in [0, 0.1) is 3.57 Å². The van der Waals surface area contributed by atoms with Crippen LogP contribution in [0.4, 0.5) is 11.8 Å². The van der Waals surface area contributed by atoms with Crippen molar-refractivity contribution in [1.82, 2.24) is 19.5 Å². The van der Waals surface area contributed by atoms with Gasteiger partial charge in [-0.2, -0.15) is 9.97 Å². The standard InChI is InChI=1S/C24H27IN6O2/c1-3-19(15(2)32)28-24-29-22(26-12-17-11-18(25)9-10-20(17)33)21-23(30-24)31(14-27-21)13-16-7-5-4-6-8-16/h4-11,14-15,19,32-33H,3,12-13H2,1-2H3,(H2,26,28,29,30). The van der Waals surface area contributed by atoms with Crippen molar-refractivity contribution in [2.75, 3.05) is 10.6 Å². The lowest BCUT2D eigenvalue weighted by molar-refractivity contribution is 0.169. The molecule has 33 heavy (non-hydrogen) atoms. The number of imidazole rings is 1. The zero-order valence-electron chi connectivity index (χ0n) is 18.5. The molecule has 9 heteroatoms. The lowest BCUT2D eigenvalue weighted by Gasteiger charge is -2.20. The highest BCUT2D eigenvalue weighted by Gasteiger charge is 2.18. The van der Waals surface area contributed by atoms with Gasteiger partial charge in [-0.15, -0.1) is 0 Å². The van der Waals surface area contributed by atoms with Crippen molar-refractivity contribution >= 4 is 45.5 Å². The number of fused-ring (bicyclic) bond motifs is 1. The number of phenolic OH excluding ortho intramolecular Hbond substituents is 1. The molecule has 4 rings (SSSR count). The molecule has 0 aliphatic carbocycles. The molecule has 0 saturated carbocycles. The molecule has 8 nitrogen and oxygen atoms in total. The van der Waals surface area contributed by atoms with Crippen LogP contribution in [0.5, 0.6) is 5.75 Å². The third-order valence-corrected chi connectivity index (χ3v) is 6.16. The summed E-state index contributed by atoms with van der Waals surface area (Å²) >= 11 is 2.22. The lowest BCUT2D eigenvalue weighted by Crippen LogP contribution is -2.31. The maximum absolute atomic E-state index is 10.2. The predicted molar refractivity (Wildman–Crippen MR) is 138 cm³/mol. The number of hydrogen-bond acceptors (Lipinski definition) is 7. The molecule has 0 bridgehead atoms. The second kappa shape index (κ2) is 10.3. The van der Waals surface area contributed by atoms with Gasteiger partial charge in [-0.05, 0) is 59.7 Å². The van der Waals surface area contributed by atoms with Gasteiger partial charge in [0.15, 0.2) is 17.0 Å². The van der Waals surface area contributed by atoms with Crippen molar-refractivity contribution in [2.24, 2.45) is 0 Å². The fourth-order valence-electron chi connectivity index (χ4n) is 3.63. The summed E-state index contributed by atoms with van der Waals surface area (Å²) in [5, 5.41) is 26.9. The zero-order chi connectivity index (χ0) is 23.4. The van der Waals surface area contributed by atoms with Gasteiger partial charge in [0.2, 0.25) is 5.95 Å². The van der Waals surface area contributed by atoms with Crippen LogP contribution in [-0.4, -0.2) is 41.9 Å². The van der Waals surface area contributed by atoms with Crippen molar-refractivity contribution in [3.63, 3.8) is 0 Å². The maximum Gasteiger partial charge on any atom is 0.227 e. The molecule has 2 aromatic carbocycles. The molecule has 2 atom stereocenters. The van der Waals surface area contributed by atoms with Crippen LogP contribution in [-0.2, 0) is 13.1 Å². The first-order valence-corrected chi connectivity index (χ1v) is 11.9. The molecule has 0 spiro atoms. The Morgan fingerprint density at radius 2 is 1.91 bits per heavy atom. The Morgan fingerprint density at radius 3 is 2.64 bits per heavy atom. The number of aliphatic hydroxyl groups is 1. The number of aromatic nitrogens is 4. The number of phenols is 1. The fraction of sp³-hybridized carbons (Fsp3) is 0.292. The molecule has 0 aliphatic rings. The highest BCUT2D eigenvalue weighted by atomic mass is 127. The van der Waals surface area contributed by atoms with E-state index in [-0.39, 0.29) is 11.8 Å². The molecule has 2 aromatic heterocycles. The van der Waals surface area contributed by atoms with Gasteiger partial charge in [0.25, 0.3) is 0 Å². The number of nitrogens with one attached hydrogen (secondary N) is 2. The van der Waals surface area contributed by atoms with E-state index in [2.05, 4.69) is 55.3 Å². The van der Waals surface area contributed by atoms with Crippen LogP contribution in [0.2, 0.25) is 0 Å². The van der Waals surface area contributed by atoms with Crippen LogP contribution >= 0.6 is 22.6 Å². The first-order chi connectivity index (χ1) is 15.9. The summed E-state index contributed by atoms with van der Waals surface area (Å²) in [6.07, 6.45) is 1.93. The number of halogens is 1. The van der Waals surface area contributed by atoms with Crippen LogP contribution in [0.1, 0.15) is 31.4 Å². The average molecular weight is 558 g/mol. The van der Waals surface area contributed by atoms with Crippen LogP contribution in [0.15, 0.2) is 54.9 Å². The van der Waals surface area contributed by atoms with E-state index in [1.807, 2.05) is 41.8 Å². The molecular formula is C24H27IN6O2. The second-order valence-electron chi connectivity index (χ2n) is 7.95. The second-order valence-corrected chi connectivity index (χ2v) is 9.20. The Morgan fingerprint density at radius 1 is 1.12 bits per heavy atom. The van der Waals surface area contributed by atoms with Crippen LogP contribution < -0.4 is 10.6 Å². The Bertz CT molecular complexity index is 1230. The molecule has 4 aromatic rings.